The minimum atomic E-state index is -3.56. The summed E-state index contributed by atoms with van der Waals surface area (Å²) >= 11 is 0. The van der Waals surface area contributed by atoms with Gasteiger partial charge in [-0.1, -0.05) is 6.92 Å². The standard InChI is InChI=1S/C7H12N2O4S/c1-5-3-7(5,8-4-10)6(11)9-14(2,12)13/h4-5H,3H2,1-2H3,(H,8,10)(H,9,11). The second-order valence-corrected chi connectivity index (χ2v) is 5.29. The largest absolute Gasteiger partial charge is 0.344 e. The van der Waals surface area contributed by atoms with Crippen molar-refractivity contribution in [1.82, 2.24) is 10.0 Å². The lowest BCUT2D eigenvalue weighted by Gasteiger charge is -2.14. The Kier molecular flexibility index (Phi) is 2.53. The Bertz CT molecular complexity index is 364. The maximum atomic E-state index is 11.4. The smallest absolute Gasteiger partial charge is 0.259 e. The van der Waals surface area contributed by atoms with Crippen LogP contribution in [0.15, 0.2) is 0 Å². The Morgan fingerprint density at radius 3 is 2.36 bits per heavy atom. The third-order valence-electron chi connectivity index (χ3n) is 2.31. The van der Waals surface area contributed by atoms with E-state index in [2.05, 4.69) is 5.32 Å². The van der Waals surface area contributed by atoms with Gasteiger partial charge in [-0.2, -0.15) is 0 Å². The van der Waals surface area contributed by atoms with Crippen LogP contribution in [0.25, 0.3) is 0 Å². The predicted octanol–water partition coefficient (Wildman–Crippen LogP) is -1.41. The topological polar surface area (TPSA) is 92.3 Å². The Morgan fingerprint density at radius 1 is 1.57 bits per heavy atom. The number of carbonyl (C=O) groups is 2. The van der Waals surface area contributed by atoms with Gasteiger partial charge in [0.15, 0.2) is 0 Å². The van der Waals surface area contributed by atoms with E-state index in [9.17, 15) is 18.0 Å². The van der Waals surface area contributed by atoms with Crippen molar-refractivity contribution >= 4 is 22.3 Å². The second kappa shape index (κ2) is 3.23. The number of nitrogens with one attached hydrogen (secondary N) is 2. The highest BCUT2D eigenvalue weighted by Crippen LogP contribution is 2.42. The van der Waals surface area contributed by atoms with Gasteiger partial charge in [-0.3, -0.25) is 14.3 Å². The van der Waals surface area contributed by atoms with Gasteiger partial charge in [0, 0.05) is 0 Å². The number of sulfonamides is 1. The van der Waals surface area contributed by atoms with E-state index in [4.69, 9.17) is 0 Å². The Hall–Kier alpha value is -1.11. The lowest BCUT2D eigenvalue weighted by atomic mass is 10.2. The summed E-state index contributed by atoms with van der Waals surface area (Å²) in [7, 11) is -3.56. The first kappa shape index (κ1) is 11.0. The molecule has 0 heterocycles. The summed E-state index contributed by atoms with van der Waals surface area (Å²) < 4.78 is 23.4. The summed E-state index contributed by atoms with van der Waals surface area (Å²) in [4.78, 5) is 21.7. The predicted molar refractivity (Wildman–Crippen MR) is 48.7 cm³/mol. The fraction of sp³-hybridized carbons (Fsp3) is 0.714. The van der Waals surface area contributed by atoms with E-state index >= 15 is 0 Å². The highest BCUT2D eigenvalue weighted by atomic mass is 32.2. The molecule has 80 valence electrons. The van der Waals surface area contributed by atoms with Gasteiger partial charge >= 0.3 is 0 Å². The maximum absolute atomic E-state index is 11.4. The molecule has 1 fully saturated rings. The number of rotatable bonds is 4. The minimum Gasteiger partial charge on any atom is -0.344 e. The van der Waals surface area contributed by atoms with E-state index in [-0.39, 0.29) is 5.92 Å². The van der Waals surface area contributed by atoms with Crippen molar-refractivity contribution in [3.05, 3.63) is 0 Å². The number of hydrogen-bond donors (Lipinski definition) is 2. The monoisotopic (exact) mass is 220 g/mol. The van der Waals surface area contributed by atoms with Gasteiger partial charge in [0.25, 0.3) is 5.91 Å². The van der Waals surface area contributed by atoms with Crippen molar-refractivity contribution in [3.63, 3.8) is 0 Å². The van der Waals surface area contributed by atoms with Crippen molar-refractivity contribution in [2.24, 2.45) is 5.92 Å². The second-order valence-electron chi connectivity index (χ2n) is 3.54. The molecule has 2 N–H and O–H groups in total. The molecule has 1 aliphatic rings. The molecule has 2 amide bonds. The molecule has 0 radical (unpaired) electrons. The van der Waals surface area contributed by atoms with Crippen LogP contribution in [0.3, 0.4) is 0 Å². The average Bonchev–Trinajstić information content (AvgIpc) is 2.60. The quantitative estimate of drug-likeness (QED) is 0.569. The zero-order chi connectivity index (χ0) is 11.0. The van der Waals surface area contributed by atoms with E-state index in [1.165, 1.54) is 0 Å². The van der Waals surface area contributed by atoms with Gasteiger partial charge < -0.3 is 5.32 Å². The first-order chi connectivity index (χ1) is 6.32. The van der Waals surface area contributed by atoms with E-state index in [1.807, 2.05) is 4.72 Å². The highest BCUT2D eigenvalue weighted by Gasteiger charge is 2.58. The SMILES string of the molecule is CC1CC1(NC=O)C(=O)NS(C)(=O)=O. The molecule has 0 aromatic heterocycles. The Labute approximate surface area is 82.1 Å². The first-order valence-corrected chi connectivity index (χ1v) is 5.94. The van der Waals surface area contributed by atoms with Crippen LogP contribution in [-0.4, -0.2) is 32.5 Å². The molecule has 0 saturated heterocycles. The van der Waals surface area contributed by atoms with Crippen LogP contribution in [0.1, 0.15) is 13.3 Å². The Balaban J connectivity index is 2.73. The molecular formula is C7H12N2O4S. The number of amides is 2. The van der Waals surface area contributed by atoms with Crippen LogP contribution >= 0.6 is 0 Å². The van der Waals surface area contributed by atoms with Crippen LogP contribution in [0.5, 0.6) is 0 Å². The third kappa shape index (κ3) is 2.03. The molecule has 6 nitrogen and oxygen atoms in total. The summed E-state index contributed by atoms with van der Waals surface area (Å²) in [6.07, 6.45) is 1.77. The molecule has 1 rings (SSSR count). The fourth-order valence-electron chi connectivity index (χ4n) is 1.37. The molecule has 2 atom stereocenters. The molecule has 0 aliphatic heterocycles. The lowest BCUT2D eigenvalue weighted by molar-refractivity contribution is -0.125. The number of carbonyl (C=O) groups excluding carboxylic acids is 2. The molecule has 1 aliphatic carbocycles. The summed E-state index contributed by atoms with van der Waals surface area (Å²) in [5.74, 6) is -0.700. The molecule has 0 bridgehead atoms. The summed E-state index contributed by atoms with van der Waals surface area (Å²) in [5.41, 5.74) is -1.02. The molecule has 7 heteroatoms. The highest BCUT2D eigenvalue weighted by molar-refractivity contribution is 7.89. The zero-order valence-electron chi connectivity index (χ0n) is 7.90. The molecular weight excluding hydrogens is 208 g/mol. The maximum Gasteiger partial charge on any atom is 0.259 e. The van der Waals surface area contributed by atoms with E-state index in [0.29, 0.717) is 12.8 Å². The molecule has 2 unspecified atom stereocenters. The van der Waals surface area contributed by atoms with Crippen molar-refractivity contribution in [1.29, 1.82) is 0 Å². The van der Waals surface area contributed by atoms with Gasteiger partial charge in [0.1, 0.15) is 5.54 Å². The van der Waals surface area contributed by atoms with Gasteiger partial charge in [0.2, 0.25) is 16.4 Å². The molecule has 0 aromatic rings. The normalized spacial score (nSPS) is 30.6. The molecule has 1 saturated carbocycles. The van der Waals surface area contributed by atoms with Gasteiger partial charge in [-0.25, -0.2) is 8.42 Å². The van der Waals surface area contributed by atoms with Crippen LogP contribution in [0.4, 0.5) is 0 Å². The lowest BCUT2D eigenvalue weighted by Crippen LogP contribution is -2.48. The summed E-state index contributed by atoms with van der Waals surface area (Å²) in [6.45, 7) is 1.76. The van der Waals surface area contributed by atoms with Crippen molar-refractivity contribution in [2.45, 2.75) is 18.9 Å². The molecule has 0 spiro atoms. The van der Waals surface area contributed by atoms with Crippen molar-refractivity contribution in [2.75, 3.05) is 6.26 Å². The number of hydrogen-bond acceptors (Lipinski definition) is 4. The fourth-order valence-corrected chi connectivity index (χ4v) is 1.89. The Morgan fingerprint density at radius 2 is 2.07 bits per heavy atom. The van der Waals surface area contributed by atoms with Crippen LogP contribution in [-0.2, 0) is 19.6 Å². The van der Waals surface area contributed by atoms with Crippen molar-refractivity contribution in [3.8, 4) is 0 Å². The molecule has 0 aromatic carbocycles. The van der Waals surface area contributed by atoms with Gasteiger partial charge in [0.05, 0.1) is 6.26 Å². The van der Waals surface area contributed by atoms with Gasteiger partial charge in [-0.15, -0.1) is 0 Å². The van der Waals surface area contributed by atoms with E-state index in [0.717, 1.165) is 6.26 Å². The third-order valence-corrected chi connectivity index (χ3v) is 2.87. The van der Waals surface area contributed by atoms with E-state index in [1.54, 1.807) is 6.92 Å². The van der Waals surface area contributed by atoms with Crippen LogP contribution in [0.2, 0.25) is 0 Å². The van der Waals surface area contributed by atoms with E-state index < -0.39 is 21.5 Å². The first-order valence-electron chi connectivity index (χ1n) is 4.05. The van der Waals surface area contributed by atoms with Crippen LogP contribution < -0.4 is 10.0 Å². The summed E-state index contributed by atoms with van der Waals surface area (Å²) in [5, 5.41) is 2.35. The minimum absolute atomic E-state index is 0.0329. The zero-order valence-corrected chi connectivity index (χ0v) is 8.72. The van der Waals surface area contributed by atoms with Gasteiger partial charge in [-0.05, 0) is 12.3 Å². The van der Waals surface area contributed by atoms with Crippen LogP contribution in [0, 0.1) is 5.92 Å². The molecule has 14 heavy (non-hydrogen) atoms. The van der Waals surface area contributed by atoms with Crippen molar-refractivity contribution < 1.29 is 18.0 Å². The summed E-state index contributed by atoms with van der Waals surface area (Å²) in [6, 6.07) is 0. The average molecular weight is 220 g/mol.